The standard InChI is InChI=1S/C19H25N5O4S/c1-11-15(18(28)21-10-9-14(25)26)29-19(24(11)4)22-17(27)13-7-5-12(6-8-13)16(20)23(2)3/h5-8,11,15,20H,9-10H2,1-4H3,(H,21,28)(H,25,26). The van der Waals surface area contributed by atoms with Crippen molar-refractivity contribution in [2.75, 3.05) is 27.7 Å². The van der Waals surface area contributed by atoms with E-state index in [0.29, 0.717) is 22.1 Å². The van der Waals surface area contributed by atoms with E-state index in [4.69, 9.17) is 10.5 Å². The summed E-state index contributed by atoms with van der Waals surface area (Å²) >= 11 is 1.18. The number of hydrogen-bond acceptors (Lipinski definition) is 5. The second kappa shape index (κ2) is 9.55. The molecule has 0 radical (unpaired) electrons. The highest BCUT2D eigenvalue weighted by Gasteiger charge is 2.39. The molecule has 1 aromatic rings. The number of aliphatic carboxylic acids is 1. The first-order valence-electron chi connectivity index (χ1n) is 9.00. The highest BCUT2D eigenvalue weighted by molar-refractivity contribution is 8.15. The van der Waals surface area contributed by atoms with Gasteiger partial charge in [-0.15, -0.1) is 0 Å². The van der Waals surface area contributed by atoms with Crippen LogP contribution in [0.25, 0.3) is 0 Å². The summed E-state index contributed by atoms with van der Waals surface area (Å²) in [6.07, 6.45) is -0.145. The molecule has 2 amide bonds. The number of nitrogens with zero attached hydrogens (tertiary/aromatic N) is 3. The Balaban J connectivity index is 2.07. The molecule has 10 heteroatoms. The first-order valence-corrected chi connectivity index (χ1v) is 9.88. The minimum absolute atomic E-state index is 0.0569. The van der Waals surface area contributed by atoms with E-state index in [-0.39, 0.29) is 24.9 Å². The maximum absolute atomic E-state index is 12.5. The average molecular weight is 420 g/mol. The third-order valence-electron chi connectivity index (χ3n) is 4.53. The van der Waals surface area contributed by atoms with Gasteiger partial charge in [0, 0.05) is 44.9 Å². The van der Waals surface area contributed by atoms with Crippen LogP contribution in [-0.2, 0) is 9.59 Å². The van der Waals surface area contributed by atoms with Crippen LogP contribution in [0.1, 0.15) is 29.3 Å². The van der Waals surface area contributed by atoms with Crippen LogP contribution in [0, 0.1) is 5.41 Å². The van der Waals surface area contributed by atoms with Gasteiger partial charge in [0.05, 0.1) is 6.42 Å². The first kappa shape index (κ1) is 22.4. The topological polar surface area (TPSA) is 126 Å². The molecule has 1 aliphatic rings. The van der Waals surface area contributed by atoms with Crippen molar-refractivity contribution in [3.8, 4) is 0 Å². The number of hydrogen-bond donors (Lipinski definition) is 3. The Morgan fingerprint density at radius 3 is 2.38 bits per heavy atom. The molecule has 2 unspecified atom stereocenters. The second-order valence-corrected chi connectivity index (χ2v) is 7.95. The lowest BCUT2D eigenvalue weighted by Gasteiger charge is -2.19. The van der Waals surface area contributed by atoms with Crippen molar-refractivity contribution in [3.63, 3.8) is 0 Å². The number of carboxylic acid groups (broad SMARTS) is 1. The van der Waals surface area contributed by atoms with Gasteiger partial charge in [0.15, 0.2) is 5.17 Å². The summed E-state index contributed by atoms with van der Waals surface area (Å²) in [6, 6.07) is 6.45. The SMILES string of the molecule is CC1C(C(=O)NCCC(=O)O)SC(=NC(=O)c2ccc(C(=N)N(C)C)cc2)N1C. The lowest BCUT2D eigenvalue weighted by Crippen LogP contribution is -2.41. The lowest BCUT2D eigenvalue weighted by atomic mass is 10.1. The molecule has 1 saturated heterocycles. The Kier molecular flexibility index (Phi) is 7.38. The number of aliphatic imine (C=N–C) groups is 1. The van der Waals surface area contributed by atoms with E-state index in [2.05, 4.69) is 10.3 Å². The van der Waals surface area contributed by atoms with E-state index in [9.17, 15) is 14.4 Å². The molecule has 0 spiro atoms. The molecule has 0 aromatic heterocycles. The predicted molar refractivity (Wildman–Crippen MR) is 113 cm³/mol. The van der Waals surface area contributed by atoms with Gasteiger partial charge in [-0.3, -0.25) is 19.8 Å². The molecule has 1 heterocycles. The number of thioether (sulfide) groups is 1. The highest BCUT2D eigenvalue weighted by Crippen LogP contribution is 2.31. The molecule has 0 aliphatic carbocycles. The molecule has 9 nitrogen and oxygen atoms in total. The van der Waals surface area contributed by atoms with Gasteiger partial charge in [-0.05, 0) is 19.1 Å². The highest BCUT2D eigenvalue weighted by atomic mass is 32.2. The Morgan fingerprint density at radius 2 is 1.83 bits per heavy atom. The minimum Gasteiger partial charge on any atom is -0.481 e. The Bertz CT molecular complexity index is 838. The number of amidine groups is 2. The van der Waals surface area contributed by atoms with E-state index >= 15 is 0 Å². The fraction of sp³-hybridized carbons (Fsp3) is 0.421. The van der Waals surface area contributed by atoms with Crippen molar-refractivity contribution >= 4 is 40.5 Å². The molecule has 3 N–H and O–H groups in total. The zero-order valence-electron chi connectivity index (χ0n) is 16.8. The van der Waals surface area contributed by atoms with Crippen LogP contribution in [0.3, 0.4) is 0 Å². The monoisotopic (exact) mass is 419 g/mol. The van der Waals surface area contributed by atoms with E-state index in [0.717, 1.165) is 0 Å². The van der Waals surface area contributed by atoms with Gasteiger partial charge in [-0.2, -0.15) is 4.99 Å². The third kappa shape index (κ3) is 5.57. The quantitative estimate of drug-likeness (QED) is 0.465. The fourth-order valence-electron chi connectivity index (χ4n) is 2.62. The van der Waals surface area contributed by atoms with Gasteiger partial charge in [0.25, 0.3) is 5.91 Å². The van der Waals surface area contributed by atoms with Crippen molar-refractivity contribution in [3.05, 3.63) is 35.4 Å². The van der Waals surface area contributed by atoms with Crippen molar-refractivity contribution in [2.24, 2.45) is 4.99 Å². The zero-order valence-corrected chi connectivity index (χ0v) is 17.6. The van der Waals surface area contributed by atoms with Crippen LogP contribution in [0.5, 0.6) is 0 Å². The third-order valence-corrected chi connectivity index (χ3v) is 5.98. The van der Waals surface area contributed by atoms with E-state index in [1.54, 1.807) is 55.2 Å². The average Bonchev–Trinajstić information content (AvgIpc) is 2.95. The number of nitrogens with one attached hydrogen (secondary N) is 2. The zero-order chi connectivity index (χ0) is 21.7. The van der Waals surface area contributed by atoms with Gasteiger partial charge in [0.2, 0.25) is 5.91 Å². The lowest BCUT2D eigenvalue weighted by molar-refractivity contribution is -0.136. The summed E-state index contributed by atoms with van der Waals surface area (Å²) in [5, 5.41) is 19.2. The van der Waals surface area contributed by atoms with Crippen LogP contribution in [-0.4, -0.2) is 82.7 Å². The van der Waals surface area contributed by atoms with Crippen molar-refractivity contribution in [2.45, 2.75) is 24.6 Å². The van der Waals surface area contributed by atoms with Gasteiger partial charge < -0.3 is 20.2 Å². The van der Waals surface area contributed by atoms with Crippen LogP contribution in [0.4, 0.5) is 0 Å². The summed E-state index contributed by atoms with van der Waals surface area (Å²) in [5.41, 5.74) is 1.09. The number of carbonyl (C=O) groups is 3. The molecule has 156 valence electrons. The van der Waals surface area contributed by atoms with E-state index < -0.39 is 17.1 Å². The summed E-state index contributed by atoms with van der Waals surface area (Å²) < 4.78 is 0. The van der Waals surface area contributed by atoms with Crippen molar-refractivity contribution in [1.82, 2.24) is 15.1 Å². The summed E-state index contributed by atoms with van der Waals surface area (Å²) in [6.45, 7) is 1.91. The number of amides is 2. The second-order valence-electron chi connectivity index (χ2n) is 6.84. The first-order chi connectivity index (χ1) is 13.6. The Morgan fingerprint density at radius 1 is 1.24 bits per heavy atom. The number of rotatable bonds is 6. The largest absolute Gasteiger partial charge is 0.481 e. The predicted octanol–water partition coefficient (Wildman–Crippen LogP) is 1.10. The Labute approximate surface area is 173 Å². The molecule has 0 saturated carbocycles. The minimum atomic E-state index is -0.978. The summed E-state index contributed by atoms with van der Waals surface area (Å²) in [4.78, 5) is 43.0. The van der Waals surface area contributed by atoms with Gasteiger partial charge >= 0.3 is 5.97 Å². The van der Waals surface area contributed by atoms with Crippen LogP contribution < -0.4 is 5.32 Å². The molecular formula is C19H25N5O4S. The molecule has 1 aromatic carbocycles. The van der Waals surface area contributed by atoms with Gasteiger partial charge in [-0.1, -0.05) is 23.9 Å². The molecule has 1 fully saturated rings. The van der Waals surface area contributed by atoms with E-state index in [1.807, 2.05) is 6.92 Å². The normalized spacial score (nSPS) is 19.9. The molecule has 2 atom stereocenters. The molecule has 0 bridgehead atoms. The van der Waals surface area contributed by atoms with Gasteiger partial charge in [0.1, 0.15) is 11.1 Å². The van der Waals surface area contributed by atoms with Crippen LogP contribution in [0.2, 0.25) is 0 Å². The number of carbonyl (C=O) groups excluding carboxylic acids is 2. The maximum Gasteiger partial charge on any atom is 0.305 e. The Hall–Kier alpha value is -2.88. The summed E-state index contributed by atoms with van der Waals surface area (Å²) in [5.74, 6) is -1.35. The molecule has 1 aliphatic heterocycles. The maximum atomic E-state index is 12.5. The van der Waals surface area contributed by atoms with E-state index in [1.165, 1.54) is 11.8 Å². The molecule has 2 rings (SSSR count). The van der Waals surface area contributed by atoms with Crippen molar-refractivity contribution in [1.29, 1.82) is 5.41 Å². The van der Waals surface area contributed by atoms with Gasteiger partial charge in [-0.25, -0.2) is 0 Å². The van der Waals surface area contributed by atoms with Crippen LogP contribution in [0.15, 0.2) is 29.3 Å². The number of carboxylic acids is 1. The smallest absolute Gasteiger partial charge is 0.305 e. The fourth-order valence-corrected chi connectivity index (χ4v) is 3.89. The molecular weight excluding hydrogens is 394 g/mol. The molecule has 29 heavy (non-hydrogen) atoms. The van der Waals surface area contributed by atoms with Crippen molar-refractivity contribution < 1.29 is 19.5 Å². The summed E-state index contributed by atoms with van der Waals surface area (Å²) in [7, 11) is 5.31. The van der Waals surface area contributed by atoms with Crippen LogP contribution >= 0.6 is 11.8 Å². The number of benzene rings is 1.